The van der Waals surface area contributed by atoms with Crippen molar-refractivity contribution >= 4 is 11.8 Å². The second kappa shape index (κ2) is 8.78. The highest BCUT2D eigenvalue weighted by atomic mass is 32.2. The van der Waals surface area contributed by atoms with E-state index in [1.807, 2.05) is 22.8 Å². The lowest BCUT2D eigenvalue weighted by Crippen LogP contribution is -2.11. The second-order valence-electron chi connectivity index (χ2n) is 7.62. The van der Waals surface area contributed by atoms with E-state index in [0.29, 0.717) is 12.4 Å². The molecule has 0 N–H and O–H groups in total. The maximum atomic E-state index is 13.3. The van der Waals surface area contributed by atoms with Gasteiger partial charge in [-0.25, -0.2) is 4.39 Å². The zero-order valence-electron chi connectivity index (χ0n) is 16.8. The number of nitrogens with zero attached hydrogens (tertiary/aromatic N) is 3. The summed E-state index contributed by atoms with van der Waals surface area (Å²) < 4.78 is 21.3. The van der Waals surface area contributed by atoms with Crippen molar-refractivity contribution in [3.63, 3.8) is 0 Å². The Kier molecular flexibility index (Phi) is 6.39. The number of hydrogen-bond donors (Lipinski definition) is 0. The molecule has 0 unspecified atom stereocenters. The molecule has 0 bridgehead atoms. The molecule has 1 heterocycles. The van der Waals surface area contributed by atoms with E-state index in [1.54, 1.807) is 23.9 Å². The first-order valence-corrected chi connectivity index (χ1v) is 10.4. The Labute approximate surface area is 170 Å². The first kappa shape index (κ1) is 20.4. The fraction of sp³-hybridized carbons (Fsp3) is 0.364. The number of rotatable bonds is 7. The minimum absolute atomic E-state index is 0.120. The molecule has 0 saturated heterocycles. The van der Waals surface area contributed by atoms with Crippen LogP contribution in [0.3, 0.4) is 0 Å². The van der Waals surface area contributed by atoms with Gasteiger partial charge in [-0.05, 0) is 47.7 Å². The molecule has 6 heteroatoms. The van der Waals surface area contributed by atoms with Crippen LogP contribution in [-0.2, 0) is 24.3 Å². The number of aromatic nitrogens is 3. The average molecular weight is 400 g/mol. The Hall–Kier alpha value is -2.34. The van der Waals surface area contributed by atoms with Crippen LogP contribution in [0.4, 0.5) is 4.39 Å². The molecular formula is C22H26FN3OS. The normalized spacial score (nSPS) is 11.6. The molecule has 28 heavy (non-hydrogen) atoms. The molecule has 0 atom stereocenters. The highest BCUT2D eigenvalue weighted by Crippen LogP contribution is 2.25. The van der Waals surface area contributed by atoms with Crippen LogP contribution in [-0.4, -0.2) is 14.8 Å². The van der Waals surface area contributed by atoms with Crippen molar-refractivity contribution in [3.05, 3.63) is 71.3 Å². The van der Waals surface area contributed by atoms with Gasteiger partial charge in [0.2, 0.25) is 0 Å². The van der Waals surface area contributed by atoms with Crippen molar-refractivity contribution in [2.45, 2.75) is 57.2 Å². The Morgan fingerprint density at radius 2 is 1.82 bits per heavy atom. The zero-order chi connectivity index (χ0) is 20.1. The SMILES string of the molecule is CCn1c(COc2ccc(C(C)(C)C)cc2)nnc1SCc1cccc(F)c1. The summed E-state index contributed by atoms with van der Waals surface area (Å²) in [6.07, 6.45) is 0. The van der Waals surface area contributed by atoms with Crippen molar-refractivity contribution < 1.29 is 9.13 Å². The summed E-state index contributed by atoms with van der Waals surface area (Å²) in [4.78, 5) is 0. The summed E-state index contributed by atoms with van der Waals surface area (Å²) in [7, 11) is 0. The third-order valence-electron chi connectivity index (χ3n) is 4.45. The van der Waals surface area contributed by atoms with E-state index >= 15 is 0 Å². The minimum Gasteiger partial charge on any atom is -0.486 e. The summed E-state index contributed by atoms with van der Waals surface area (Å²) in [6, 6.07) is 14.8. The van der Waals surface area contributed by atoms with Gasteiger partial charge in [-0.15, -0.1) is 10.2 Å². The molecule has 0 spiro atoms. The summed E-state index contributed by atoms with van der Waals surface area (Å²) in [6.45, 7) is 9.73. The van der Waals surface area contributed by atoms with Gasteiger partial charge in [0.1, 0.15) is 18.2 Å². The van der Waals surface area contributed by atoms with Gasteiger partial charge in [-0.3, -0.25) is 0 Å². The van der Waals surface area contributed by atoms with Crippen molar-refractivity contribution in [1.29, 1.82) is 0 Å². The molecule has 1 aromatic heterocycles. The Bertz CT molecular complexity index is 916. The van der Waals surface area contributed by atoms with E-state index < -0.39 is 0 Å². The second-order valence-corrected chi connectivity index (χ2v) is 8.57. The summed E-state index contributed by atoms with van der Waals surface area (Å²) in [5.41, 5.74) is 2.31. The first-order valence-electron chi connectivity index (χ1n) is 9.39. The third-order valence-corrected chi connectivity index (χ3v) is 5.49. The van der Waals surface area contributed by atoms with Crippen LogP contribution in [0.1, 0.15) is 44.6 Å². The highest BCUT2D eigenvalue weighted by molar-refractivity contribution is 7.98. The molecule has 4 nitrogen and oxygen atoms in total. The molecule has 0 radical (unpaired) electrons. The molecule has 148 valence electrons. The van der Waals surface area contributed by atoms with Crippen molar-refractivity contribution in [1.82, 2.24) is 14.8 Å². The van der Waals surface area contributed by atoms with Crippen molar-refractivity contribution in [3.8, 4) is 5.75 Å². The van der Waals surface area contributed by atoms with Crippen molar-refractivity contribution in [2.75, 3.05) is 0 Å². The van der Waals surface area contributed by atoms with Crippen LogP contribution in [0, 0.1) is 5.82 Å². The van der Waals surface area contributed by atoms with Crippen LogP contribution in [0.2, 0.25) is 0 Å². The van der Waals surface area contributed by atoms with Gasteiger partial charge in [0, 0.05) is 12.3 Å². The Morgan fingerprint density at radius 1 is 1.07 bits per heavy atom. The van der Waals surface area contributed by atoms with E-state index in [-0.39, 0.29) is 11.2 Å². The molecule has 0 fully saturated rings. The quantitative estimate of drug-likeness (QED) is 0.485. The number of thioether (sulfide) groups is 1. The highest BCUT2D eigenvalue weighted by Gasteiger charge is 2.14. The van der Waals surface area contributed by atoms with Gasteiger partial charge < -0.3 is 9.30 Å². The smallest absolute Gasteiger partial charge is 0.191 e. The van der Waals surface area contributed by atoms with E-state index in [2.05, 4.69) is 50.0 Å². The van der Waals surface area contributed by atoms with E-state index in [9.17, 15) is 4.39 Å². The van der Waals surface area contributed by atoms with Gasteiger partial charge in [0.05, 0.1) is 0 Å². The lowest BCUT2D eigenvalue weighted by molar-refractivity contribution is 0.288. The van der Waals surface area contributed by atoms with Crippen LogP contribution in [0.15, 0.2) is 53.7 Å². The topological polar surface area (TPSA) is 39.9 Å². The minimum atomic E-state index is -0.221. The molecule has 0 aliphatic rings. The number of benzene rings is 2. The molecule has 0 aliphatic carbocycles. The Balaban J connectivity index is 1.63. The summed E-state index contributed by atoms with van der Waals surface area (Å²) in [5, 5.41) is 9.38. The molecule has 2 aromatic carbocycles. The molecule has 0 amide bonds. The average Bonchev–Trinajstić information content (AvgIpc) is 3.06. The van der Waals surface area contributed by atoms with Crippen molar-refractivity contribution in [2.24, 2.45) is 0 Å². The maximum absolute atomic E-state index is 13.3. The van der Waals surface area contributed by atoms with Gasteiger partial charge in [0.25, 0.3) is 0 Å². The predicted octanol–water partition coefficient (Wildman–Crippen LogP) is 5.61. The van der Waals surface area contributed by atoms with Crippen LogP contribution >= 0.6 is 11.8 Å². The molecule has 0 saturated carbocycles. The molecule has 3 rings (SSSR count). The fourth-order valence-electron chi connectivity index (χ4n) is 2.82. The number of hydrogen-bond acceptors (Lipinski definition) is 4. The van der Waals surface area contributed by atoms with Gasteiger partial charge in [-0.2, -0.15) is 0 Å². The maximum Gasteiger partial charge on any atom is 0.191 e. The lowest BCUT2D eigenvalue weighted by Gasteiger charge is -2.19. The van der Waals surface area contributed by atoms with Gasteiger partial charge in [0.15, 0.2) is 11.0 Å². The van der Waals surface area contributed by atoms with Crippen LogP contribution < -0.4 is 4.74 Å². The number of ether oxygens (including phenoxy) is 1. The van der Waals surface area contributed by atoms with E-state index in [4.69, 9.17) is 4.74 Å². The first-order chi connectivity index (χ1) is 13.4. The largest absolute Gasteiger partial charge is 0.486 e. The third kappa shape index (κ3) is 5.13. The monoisotopic (exact) mass is 399 g/mol. The fourth-order valence-corrected chi connectivity index (χ4v) is 3.79. The standard InChI is InChI=1S/C22H26FN3OS/c1-5-26-20(14-27-19-11-9-17(10-12-19)22(2,3)4)24-25-21(26)28-15-16-7-6-8-18(23)13-16/h6-13H,5,14-15H2,1-4H3. The number of halogens is 1. The van der Waals surface area contributed by atoms with Crippen LogP contribution in [0.5, 0.6) is 5.75 Å². The van der Waals surface area contributed by atoms with E-state index in [0.717, 1.165) is 28.8 Å². The van der Waals surface area contributed by atoms with E-state index in [1.165, 1.54) is 11.6 Å². The Morgan fingerprint density at radius 3 is 2.46 bits per heavy atom. The molecular weight excluding hydrogens is 373 g/mol. The van der Waals surface area contributed by atoms with Crippen LogP contribution in [0.25, 0.3) is 0 Å². The summed E-state index contributed by atoms with van der Waals surface area (Å²) >= 11 is 1.55. The predicted molar refractivity (Wildman–Crippen MR) is 111 cm³/mol. The van der Waals surface area contributed by atoms with Gasteiger partial charge in [-0.1, -0.05) is 56.8 Å². The molecule has 0 aliphatic heterocycles. The lowest BCUT2D eigenvalue weighted by atomic mass is 9.87. The summed E-state index contributed by atoms with van der Waals surface area (Å²) in [5.74, 6) is 2.02. The van der Waals surface area contributed by atoms with Gasteiger partial charge >= 0.3 is 0 Å². The zero-order valence-corrected chi connectivity index (χ0v) is 17.6. The molecule has 3 aromatic rings.